The Labute approximate surface area is 186 Å². The second-order valence-corrected chi connectivity index (χ2v) is 7.83. The predicted molar refractivity (Wildman–Crippen MR) is 117 cm³/mol. The van der Waals surface area contributed by atoms with Crippen LogP contribution in [0.1, 0.15) is 39.0 Å². The van der Waals surface area contributed by atoms with Gasteiger partial charge in [-0.15, -0.1) is 0 Å². The molecule has 168 valence electrons. The van der Waals surface area contributed by atoms with E-state index in [0.717, 1.165) is 0 Å². The van der Waals surface area contributed by atoms with Crippen molar-refractivity contribution in [2.45, 2.75) is 19.9 Å². The smallest absolute Gasteiger partial charge is 0.337 e. The molecule has 1 saturated heterocycles. The minimum absolute atomic E-state index is 0.0323. The molecule has 0 unspecified atom stereocenters. The first-order valence-corrected chi connectivity index (χ1v) is 10.1. The Morgan fingerprint density at radius 2 is 1.84 bits per heavy atom. The third-order valence-corrected chi connectivity index (χ3v) is 5.33. The van der Waals surface area contributed by atoms with Crippen LogP contribution < -0.4 is 0 Å². The summed E-state index contributed by atoms with van der Waals surface area (Å²) < 4.78 is 4.74. The highest BCUT2D eigenvalue weighted by atomic mass is 16.5. The number of benzene rings is 1. The van der Waals surface area contributed by atoms with Crippen molar-refractivity contribution in [3.8, 4) is 0 Å². The van der Waals surface area contributed by atoms with Gasteiger partial charge in [-0.05, 0) is 45.6 Å². The number of likely N-dealkylation sites (N-methyl/N-ethyl adjacent to an activating group) is 1. The maximum Gasteiger partial charge on any atom is 0.337 e. The number of esters is 1. The first kappa shape index (κ1) is 23.1. The van der Waals surface area contributed by atoms with Crippen molar-refractivity contribution in [1.29, 1.82) is 0 Å². The van der Waals surface area contributed by atoms with Crippen LogP contribution in [0.2, 0.25) is 0 Å². The van der Waals surface area contributed by atoms with E-state index in [9.17, 15) is 19.5 Å². The van der Waals surface area contributed by atoms with Gasteiger partial charge in [-0.3, -0.25) is 9.59 Å². The number of aliphatic hydroxyl groups is 1. The van der Waals surface area contributed by atoms with Gasteiger partial charge < -0.3 is 19.6 Å². The maximum atomic E-state index is 13.0. The fourth-order valence-corrected chi connectivity index (χ4v) is 3.65. The first-order valence-electron chi connectivity index (χ1n) is 10.1. The Bertz CT molecular complexity index is 1090. The van der Waals surface area contributed by atoms with E-state index in [0.29, 0.717) is 29.2 Å². The standard InChI is InChI=1S/C23H26N4O5/c1-13-17(12-24-14(2)25-13)20(28)18-19(15-6-8-16(9-7-15)23(31)32-5)27(11-10-26(3)4)22(30)21(18)29/h6-9,12,19,28H,10-11H2,1-5H3/t19-/m1/s1. The number of methoxy groups -OCH3 is 1. The predicted octanol–water partition coefficient (Wildman–Crippen LogP) is 1.86. The van der Waals surface area contributed by atoms with Gasteiger partial charge in [-0.25, -0.2) is 14.8 Å². The van der Waals surface area contributed by atoms with E-state index in [1.807, 2.05) is 19.0 Å². The van der Waals surface area contributed by atoms with Gasteiger partial charge in [-0.1, -0.05) is 12.1 Å². The lowest BCUT2D eigenvalue weighted by Gasteiger charge is -2.26. The number of ketones is 1. The van der Waals surface area contributed by atoms with Gasteiger partial charge in [0.1, 0.15) is 11.6 Å². The molecule has 0 aliphatic carbocycles. The van der Waals surface area contributed by atoms with Crippen LogP contribution in [0.4, 0.5) is 0 Å². The second kappa shape index (κ2) is 9.27. The van der Waals surface area contributed by atoms with Crippen molar-refractivity contribution < 1.29 is 24.2 Å². The van der Waals surface area contributed by atoms with Crippen molar-refractivity contribution in [3.05, 3.63) is 64.2 Å². The zero-order valence-corrected chi connectivity index (χ0v) is 18.7. The topological polar surface area (TPSA) is 113 Å². The molecule has 0 radical (unpaired) electrons. The molecule has 1 fully saturated rings. The summed E-state index contributed by atoms with van der Waals surface area (Å²) in [5, 5.41) is 11.1. The molecule has 1 atom stereocenters. The van der Waals surface area contributed by atoms with E-state index in [1.54, 1.807) is 38.1 Å². The van der Waals surface area contributed by atoms with Gasteiger partial charge >= 0.3 is 5.97 Å². The molecular weight excluding hydrogens is 412 g/mol. The molecule has 1 aliphatic heterocycles. The number of Topliss-reactive ketones (excluding diaryl/α,β-unsaturated/α-hetero) is 1. The van der Waals surface area contributed by atoms with Gasteiger partial charge in [0, 0.05) is 19.3 Å². The molecule has 2 heterocycles. The number of carbonyl (C=O) groups is 3. The Morgan fingerprint density at radius 3 is 2.41 bits per heavy atom. The number of nitrogens with zero attached hydrogens (tertiary/aromatic N) is 4. The number of aromatic nitrogens is 2. The summed E-state index contributed by atoms with van der Waals surface area (Å²) >= 11 is 0. The third kappa shape index (κ3) is 4.38. The summed E-state index contributed by atoms with van der Waals surface area (Å²) in [6.07, 6.45) is 1.44. The van der Waals surface area contributed by atoms with E-state index >= 15 is 0 Å². The summed E-state index contributed by atoms with van der Waals surface area (Å²) in [7, 11) is 5.02. The van der Waals surface area contributed by atoms with Crippen molar-refractivity contribution >= 4 is 23.4 Å². The highest BCUT2D eigenvalue weighted by Gasteiger charge is 2.46. The van der Waals surface area contributed by atoms with E-state index in [2.05, 4.69) is 9.97 Å². The third-order valence-electron chi connectivity index (χ3n) is 5.33. The SMILES string of the molecule is COC(=O)c1ccc([C@@H]2C(=C(O)c3cnc(C)nc3C)C(=O)C(=O)N2CCN(C)C)cc1. The van der Waals surface area contributed by atoms with Crippen LogP contribution >= 0.6 is 0 Å². The lowest BCUT2D eigenvalue weighted by atomic mass is 9.94. The van der Waals surface area contributed by atoms with Crippen molar-refractivity contribution in [2.24, 2.45) is 0 Å². The quantitative estimate of drug-likeness (QED) is 0.315. The van der Waals surface area contributed by atoms with Crippen LogP contribution in [-0.4, -0.2) is 76.8 Å². The number of likely N-dealkylation sites (tertiary alicyclic amines) is 1. The van der Waals surface area contributed by atoms with Gasteiger partial charge in [0.05, 0.1) is 35.5 Å². The summed E-state index contributed by atoms with van der Waals surface area (Å²) in [6.45, 7) is 4.23. The molecule has 9 heteroatoms. The minimum atomic E-state index is -0.817. The normalized spacial score (nSPS) is 17.8. The Hall–Kier alpha value is -3.59. The average molecular weight is 438 g/mol. The molecule has 0 bridgehead atoms. The molecule has 1 aliphatic rings. The highest BCUT2D eigenvalue weighted by Crippen LogP contribution is 2.39. The summed E-state index contributed by atoms with van der Waals surface area (Å²) in [4.78, 5) is 49.4. The Kier molecular flexibility index (Phi) is 6.69. The van der Waals surface area contributed by atoms with Gasteiger partial charge in [0.2, 0.25) is 0 Å². The van der Waals surface area contributed by atoms with E-state index in [4.69, 9.17) is 4.74 Å². The van der Waals surface area contributed by atoms with Crippen molar-refractivity contribution in [2.75, 3.05) is 34.3 Å². The highest BCUT2D eigenvalue weighted by molar-refractivity contribution is 6.46. The fourth-order valence-electron chi connectivity index (χ4n) is 3.65. The number of rotatable bonds is 6. The van der Waals surface area contributed by atoms with Crippen LogP contribution in [0.5, 0.6) is 0 Å². The van der Waals surface area contributed by atoms with Crippen molar-refractivity contribution in [1.82, 2.24) is 19.8 Å². The van der Waals surface area contributed by atoms with E-state index < -0.39 is 23.7 Å². The molecule has 1 amide bonds. The zero-order valence-electron chi connectivity index (χ0n) is 18.7. The van der Waals surface area contributed by atoms with Gasteiger partial charge in [-0.2, -0.15) is 0 Å². The van der Waals surface area contributed by atoms with Gasteiger partial charge in [0.25, 0.3) is 11.7 Å². The second-order valence-electron chi connectivity index (χ2n) is 7.83. The summed E-state index contributed by atoms with van der Waals surface area (Å²) in [6, 6.07) is 5.61. The average Bonchev–Trinajstić information content (AvgIpc) is 3.01. The molecule has 9 nitrogen and oxygen atoms in total. The molecular formula is C23H26N4O5. The molecule has 1 N–H and O–H groups in total. The number of amides is 1. The molecule has 1 aromatic heterocycles. The van der Waals surface area contributed by atoms with Crippen molar-refractivity contribution in [3.63, 3.8) is 0 Å². The Morgan fingerprint density at radius 1 is 1.19 bits per heavy atom. The largest absolute Gasteiger partial charge is 0.507 e. The lowest BCUT2D eigenvalue weighted by Crippen LogP contribution is -2.35. The maximum absolute atomic E-state index is 13.0. The van der Waals surface area contributed by atoms with Crippen LogP contribution in [0.25, 0.3) is 5.76 Å². The molecule has 0 saturated carbocycles. The summed E-state index contributed by atoms with van der Waals surface area (Å²) in [5.41, 5.74) is 1.67. The van der Waals surface area contributed by atoms with Crippen LogP contribution in [0.15, 0.2) is 36.0 Å². The van der Waals surface area contributed by atoms with Crippen LogP contribution in [-0.2, 0) is 14.3 Å². The minimum Gasteiger partial charge on any atom is -0.507 e. The molecule has 2 aromatic rings. The fraction of sp³-hybridized carbons (Fsp3) is 0.348. The number of hydrogen-bond donors (Lipinski definition) is 1. The Balaban J connectivity index is 2.16. The van der Waals surface area contributed by atoms with Crippen LogP contribution in [0.3, 0.4) is 0 Å². The van der Waals surface area contributed by atoms with Gasteiger partial charge in [0.15, 0.2) is 0 Å². The number of aryl methyl sites for hydroxylation is 2. The zero-order chi connectivity index (χ0) is 23.6. The first-order chi connectivity index (χ1) is 15.1. The van der Waals surface area contributed by atoms with E-state index in [1.165, 1.54) is 18.2 Å². The molecule has 3 rings (SSSR count). The lowest BCUT2D eigenvalue weighted by molar-refractivity contribution is -0.140. The molecule has 1 aromatic carbocycles. The van der Waals surface area contributed by atoms with E-state index in [-0.39, 0.29) is 23.4 Å². The monoisotopic (exact) mass is 438 g/mol. The number of hydrogen-bond acceptors (Lipinski definition) is 8. The summed E-state index contributed by atoms with van der Waals surface area (Å²) in [5.74, 6) is -1.76. The van der Waals surface area contributed by atoms with Crippen LogP contribution in [0, 0.1) is 13.8 Å². The number of ether oxygens (including phenoxy) is 1. The number of aliphatic hydroxyl groups excluding tert-OH is 1. The molecule has 0 spiro atoms. The molecule has 32 heavy (non-hydrogen) atoms. The number of carbonyl (C=O) groups excluding carboxylic acids is 3.